The molecule has 0 spiro atoms. The van der Waals surface area contributed by atoms with Gasteiger partial charge in [0.05, 0.1) is 5.56 Å². The Balaban J connectivity index is 1.38. The highest BCUT2D eigenvalue weighted by molar-refractivity contribution is 5.99. The standard InChI is InChI=1S/C22H21F2N3O3/c23-16-3-6-19(24)18(13-16)20(28)14-7-10-26(11-8-14)21(29)15-1-4-17(5-2-15)27-12-9-25-22(27)30/h1-6,13-14H,7-12H2,(H,25,30). The Morgan fingerprint density at radius 3 is 2.30 bits per heavy atom. The molecule has 0 aliphatic carbocycles. The molecule has 2 aromatic rings. The van der Waals surface area contributed by atoms with Crippen LogP contribution in [0.3, 0.4) is 0 Å². The van der Waals surface area contributed by atoms with Gasteiger partial charge in [0, 0.05) is 43.3 Å². The molecule has 0 saturated carbocycles. The van der Waals surface area contributed by atoms with Crippen molar-refractivity contribution in [3.05, 3.63) is 65.2 Å². The number of urea groups is 1. The quantitative estimate of drug-likeness (QED) is 0.783. The summed E-state index contributed by atoms with van der Waals surface area (Å²) in [5.74, 6) is -2.40. The molecule has 156 valence electrons. The number of carbonyl (C=O) groups excluding carboxylic acids is 3. The van der Waals surface area contributed by atoms with Crippen LogP contribution >= 0.6 is 0 Å². The molecule has 0 bridgehead atoms. The van der Waals surface area contributed by atoms with Crippen molar-refractivity contribution >= 4 is 23.4 Å². The lowest BCUT2D eigenvalue weighted by Crippen LogP contribution is -2.40. The maximum absolute atomic E-state index is 13.9. The summed E-state index contributed by atoms with van der Waals surface area (Å²) in [6, 6.07) is 9.55. The molecule has 6 nitrogen and oxygen atoms in total. The first-order chi connectivity index (χ1) is 14.4. The second-order valence-electron chi connectivity index (χ2n) is 7.49. The Hall–Kier alpha value is -3.29. The van der Waals surface area contributed by atoms with Gasteiger partial charge in [-0.2, -0.15) is 0 Å². The van der Waals surface area contributed by atoms with Crippen LogP contribution in [0, 0.1) is 17.6 Å². The zero-order valence-electron chi connectivity index (χ0n) is 16.2. The van der Waals surface area contributed by atoms with Gasteiger partial charge in [-0.1, -0.05) is 0 Å². The number of hydrogen-bond donors (Lipinski definition) is 1. The van der Waals surface area contributed by atoms with E-state index in [1.165, 1.54) is 0 Å². The number of anilines is 1. The molecule has 2 saturated heterocycles. The average molecular weight is 413 g/mol. The Labute approximate surface area is 172 Å². The number of likely N-dealkylation sites (tertiary alicyclic amines) is 1. The summed E-state index contributed by atoms with van der Waals surface area (Å²) < 4.78 is 27.3. The van der Waals surface area contributed by atoms with E-state index in [9.17, 15) is 23.2 Å². The number of carbonyl (C=O) groups is 3. The number of hydrogen-bond acceptors (Lipinski definition) is 3. The van der Waals surface area contributed by atoms with Gasteiger partial charge in [0.2, 0.25) is 0 Å². The van der Waals surface area contributed by atoms with Gasteiger partial charge in [-0.05, 0) is 55.3 Å². The molecule has 0 radical (unpaired) electrons. The minimum Gasteiger partial charge on any atom is -0.339 e. The summed E-state index contributed by atoms with van der Waals surface area (Å²) in [5.41, 5.74) is 0.989. The molecule has 0 aromatic heterocycles. The maximum atomic E-state index is 13.9. The number of amides is 3. The normalized spacial score (nSPS) is 17.2. The van der Waals surface area contributed by atoms with Gasteiger partial charge >= 0.3 is 6.03 Å². The van der Waals surface area contributed by atoms with Crippen molar-refractivity contribution in [2.24, 2.45) is 5.92 Å². The van der Waals surface area contributed by atoms with Crippen molar-refractivity contribution < 1.29 is 23.2 Å². The Kier molecular flexibility index (Phi) is 5.48. The molecule has 0 atom stereocenters. The molecule has 0 unspecified atom stereocenters. The van der Waals surface area contributed by atoms with Gasteiger partial charge in [0.25, 0.3) is 5.91 Å². The third-order valence-electron chi connectivity index (χ3n) is 5.63. The fourth-order valence-electron chi connectivity index (χ4n) is 3.94. The molecule has 2 aliphatic heterocycles. The number of nitrogens with zero attached hydrogens (tertiary/aromatic N) is 2. The van der Waals surface area contributed by atoms with Crippen molar-refractivity contribution in [2.75, 3.05) is 31.1 Å². The Morgan fingerprint density at radius 2 is 1.67 bits per heavy atom. The molecule has 3 amide bonds. The smallest absolute Gasteiger partial charge is 0.321 e. The topological polar surface area (TPSA) is 69.7 Å². The zero-order valence-corrected chi connectivity index (χ0v) is 16.2. The van der Waals surface area contributed by atoms with Crippen LogP contribution in [0.5, 0.6) is 0 Å². The summed E-state index contributed by atoms with van der Waals surface area (Å²) in [5, 5.41) is 2.73. The summed E-state index contributed by atoms with van der Waals surface area (Å²) in [6.45, 7) is 1.90. The maximum Gasteiger partial charge on any atom is 0.321 e. The summed E-state index contributed by atoms with van der Waals surface area (Å²) in [4.78, 5) is 40.3. The molecule has 2 aliphatic rings. The van der Waals surface area contributed by atoms with E-state index in [1.807, 2.05) is 0 Å². The number of ketones is 1. The molecular formula is C22H21F2N3O3. The van der Waals surface area contributed by atoms with Gasteiger partial charge in [0.1, 0.15) is 11.6 Å². The lowest BCUT2D eigenvalue weighted by atomic mass is 9.88. The molecule has 2 heterocycles. The largest absolute Gasteiger partial charge is 0.339 e. The van der Waals surface area contributed by atoms with Crippen LogP contribution in [0.2, 0.25) is 0 Å². The van der Waals surface area contributed by atoms with Crippen molar-refractivity contribution in [3.63, 3.8) is 0 Å². The molecule has 30 heavy (non-hydrogen) atoms. The van der Waals surface area contributed by atoms with Crippen LogP contribution in [-0.2, 0) is 0 Å². The average Bonchev–Trinajstić information content (AvgIpc) is 3.20. The minimum atomic E-state index is -0.730. The molecule has 1 N–H and O–H groups in total. The predicted octanol–water partition coefficient (Wildman–Crippen LogP) is 3.23. The van der Waals surface area contributed by atoms with E-state index in [4.69, 9.17) is 0 Å². The number of nitrogens with one attached hydrogen (secondary N) is 1. The van der Waals surface area contributed by atoms with Gasteiger partial charge in [-0.15, -0.1) is 0 Å². The van der Waals surface area contributed by atoms with Crippen LogP contribution in [0.4, 0.5) is 19.3 Å². The van der Waals surface area contributed by atoms with Crippen LogP contribution in [0.15, 0.2) is 42.5 Å². The highest BCUT2D eigenvalue weighted by Crippen LogP contribution is 2.25. The van der Waals surface area contributed by atoms with E-state index in [1.54, 1.807) is 34.1 Å². The van der Waals surface area contributed by atoms with Crippen LogP contribution in [0.1, 0.15) is 33.6 Å². The zero-order chi connectivity index (χ0) is 21.3. The number of Topliss-reactive ketones (excluding diaryl/α,β-unsaturated/α-hetero) is 1. The number of piperidine rings is 1. The minimum absolute atomic E-state index is 0.157. The van der Waals surface area contributed by atoms with E-state index in [-0.39, 0.29) is 17.5 Å². The van der Waals surface area contributed by atoms with E-state index in [0.717, 1.165) is 23.9 Å². The van der Waals surface area contributed by atoms with Gasteiger partial charge in [-0.3, -0.25) is 14.5 Å². The monoisotopic (exact) mass is 413 g/mol. The Bertz CT molecular complexity index is 986. The second kappa shape index (κ2) is 8.22. The van der Waals surface area contributed by atoms with Gasteiger partial charge in [-0.25, -0.2) is 13.6 Å². The first kappa shape index (κ1) is 20.0. The summed E-state index contributed by atoms with van der Waals surface area (Å²) >= 11 is 0. The van der Waals surface area contributed by atoms with Crippen LogP contribution < -0.4 is 10.2 Å². The molecule has 2 fully saturated rings. The fourth-order valence-corrected chi connectivity index (χ4v) is 3.94. The van der Waals surface area contributed by atoms with Crippen molar-refractivity contribution in [1.29, 1.82) is 0 Å². The molecular weight excluding hydrogens is 392 g/mol. The van der Waals surface area contributed by atoms with E-state index < -0.39 is 23.3 Å². The molecule has 4 rings (SSSR count). The first-order valence-corrected chi connectivity index (χ1v) is 9.88. The Morgan fingerprint density at radius 1 is 0.967 bits per heavy atom. The fraction of sp³-hybridized carbons (Fsp3) is 0.318. The van der Waals surface area contributed by atoms with Crippen molar-refractivity contribution in [2.45, 2.75) is 12.8 Å². The molecule has 8 heteroatoms. The predicted molar refractivity (Wildman–Crippen MR) is 107 cm³/mol. The number of halogens is 2. The third kappa shape index (κ3) is 3.90. The van der Waals surface area contributed by atoms with E-state index in [0.29, 0.717) is 44.6 Å². The van der Waals surface area contributed by atoms with Crippen molar-refractivity contribution in [1.82, 2.24) is 10.2 Å². The van der Waals surface area contributed by atoms with Crippen LogP contribution in [0.25, 0.3) is 0 Å². The summed E-state index contributed by atoms with van der Waals surface area (Å²) in [7, 11) is 0. The lowest BCUT2D eigenvalue weighted by molar-refractivity contribution is 0.0649. The van der Waals surface area contributed by atoms with Gasteiger partial charge in [0.15, 0.2) is 5.78 Å². The van der Waals surface area contributed by atoms with Gasteiger partial charge < -0.3 is 10.2 Å². The van der Waals surface area contributed by atoms with E-state index in [2.05, 4.69) is 5.32 Å². The first-order valence-electron chi connectivity index (χ1n) is 9.88. The highest BCUT2D eigenvalue weighted by Gasteiger charge is 2.30. The van der Waals surface area contributed by atoms with Crippen LogP contribution in [-0.4, -0.2) is 48.8 Å². The van der Waals surface area contributed by atoms with E-state index >= 15 is 0 Å². The second-order valence-corrected chi connectivity index (χ2v) is 7.49. The SMILES string of the molecule is O=C(c1cc(F)ccc1F)C1CCN(C(=O)c2ccc(N3CCNC3=O)cc2)CC1. The lowest BCUT2D eigenvalue weighted by Gasteiger charge is -2.31. The molecule has 2 aromatic carbocycles. The number of rotatable bonds is 4. The third-order valence-corrected chi connectivity index (χ3v) is 5.63. The van der Waals surface area contributed by atoms with Crippen molar-refractivity contribution in [3.8, 4) is 0 Å². The number of benzene rings is 2. The summed E-state index contributed by atoms with van der Waals surface area (Å²) in [6.07, 6.45) is 0.791. The highest BCUT2D eigenvalue weighted by atomic mass is 19.1.